The minimum Gasteiger partial charge on any atom is -0.497 e. The molecule has 1 N–H and O–H groups in total. The van der Waals surface area contributed by atoms with Gasteiger partial charge in [-0.25, -0.2) is 10.2 Å². The van der Waals surface area contributed by atoms with Crippen molar-refractivity contribution in [3.8, 4) is 17.2 Å². The summed E-state index contributed by atoms with van der Waals surface area (Å²) in [7, 11) is 1.56. The number of hydrogen-bond acceptors (Lipinski definition) is 6. The fourth-order valence-corrected chi connectivity index (χ4v) is 3.47. The molecule has 4 rings (SSSR count). The molecular formula is C28H24N2O5. The lowest BCUT2D eigenvalue weighted by Gasteiger charge is -2.11. The van der Waals surface area contributed by atoms with Crippen LogP contribution in [0.1, 0.15) is 33.2 Å². The molecule has 0 unspecified atom stereocenters. The van der Waals surface area contributed by atoms with Crippen LogP contribution in [0.2, 0.25) is 0 Å². The highest BCUT2D eigenvalue weighted by Crippen LogP contribution is 2.27. The Morgan fingerprint density at radius 2 is 1.54 bits per heavy atom. The van der Waals surface area contributed by atoms with E-state index in [-0.39, 0.29) is 5.91 Å². The van der Waals surface area contributed by atoms with E-state index in [0.29, 0.717) is 40.5 Å². The van der Waals surface area contributed by atoms with Gasteiger partial charge >= 0.3 is 5.97 Å². The van der Waals surface area contributed by atoms with E-state index in [1.165, 1.54) is 6.21 Å². The van der Waals surface area contributed by atoms with Crippen LogP contribution in [-0.2, 0) is 0 Å². The monoisotopic (exact) mass is 468 g/mol. The molecule has 0 aliphatic rings. The Morgan fingerprint density at radius 1 is 0.857 bits per heavy atom. The van der Waals surface area contributed by atoms with Gasteiger partial charge in [0.05, 0.1) is 25.5 Å². The summed E-state index contributed by atoms with van der Waals surface area (Å²) in [4.78, 5) is 25.3. The third-order valence-electron chi connectivity index (χ3n) is 5.25. The fraction of sp³-hybridized carbons (Fsp3) is 0.107. The van der Waals surface area contributed by atoms with Gasteiger partial charge < -0.3 is 14.2 Å². The number of ether oxygens (including phenoxy) is 3. The molecule has 7 heteroatoms. The first-order valence-corrected chi connectivity index (χ1v) is 11.0. The lowest BCUT2D eigenvalue weighted by molar-refractivity contribution is 0.0734. The summed E-state index contributed by atoms with van der Waals surface area (Å²) < 4.78 is 16.2. The van der Waals surface area contributed by atoms with Gasteiger partial charge in [0.25, 0.3) is 5.91 Å². The van der Waals surface area contributed by atoms with Crippen LogP contribution in [0.3, 0.4) is 0 Å². The first kappa shape index (κ1) is 23.5. The van der Waals surface area contributed by atoms with Crippen LogP contribution < -0.4 is 19.6 Å². The quantitative estimate of drug-likeness (QED) is 0.166. The highest BCUT2D eigenvalue weighted by molar-refractivity contribution is 6.04. The average molecular weight is 469 g/mol. The summed E-state index contributed by atoms with van der Waals surface area (Å²) in [5, 5.41) is 5.89. The molecule has 176 valence electrons. The number of fused-ring (bicyclic) bond motifs is 1. The molecule has 0 bridgehead atoms. The number of esters is 1. The Morgan fingerprint density at radius 3 is 2.26 bits per heavy atom. The molecule has 0 spiro atoms. The summed E-state index contributed by atoms with van der Waals surface area (Å²) in [6.07, 6.45) is 1.48. The Labute approximate surface area is 202 Å². The van der Waals surface area contributed by atoms with Crippen molar-refractivity contribution in [2.75, 3.05) is 13.7 Å². The number of methoxy groups -OCH3 is 1. The van der Waals surface area contributed by atoms with Gasteiger partial charge in [-0.05, 0) is 72.3 Å². The molecule has 0 saturated heterocycles. The van der Waals surface area contributed by atoms with Crippen molar-refractivity contribution < 1.29 is 23.8 Å². The zero-order valence-corrected chi connectivity index (χ0v) is 19.4. The van der Waals surface area contributed by atoms with E-state index in [1.807, 2.05) is 37.3 Å². The number of hydrogen-bond donors (Lipinski definition) is 1. The third kappa shape index (κ3) is 5.65. The molecule has 0 aromatic heterocycles. The summed E-state index contributed by atoms with van der Waals surface area (Å²) in [5.41, 5.74) is 3.91. The molecular weight excluding hydrogens is 444 g/mol. The average Bonchev–Trinajstić information content (AvgIpc) is 2.90. The minimum atomic E-state index is -0.518. The summed E-state index contributed by atoms with van der Waals surface area (Å²) >= 11 is 0. The van der Waals surface area contributed by atoms with Gasteiger partial charge in [-0.3, -0.25) is 4.79 Å². The number of amides is 1. The Balaban J connectivity index is 1.56. The lowest BCUT2D eigenvalue weighted by Crippen LogP contribution is -2.17. The zero-order chi connectivity index (χ0) is 24.6. The van der Waals surface area contributed by atoms with Gasteiger partial charge in [0, 0.05) is 11.1 Å². The second-order valence-corrected chi connectivity index (χ2v) is 7.47. The number of carbonyl (C=O) groups excluding carboxylic acids is 2. The van der Waals surface area contributed by atoms with E-state index in [1.54, 1.807) is 61.7 Å². The molecule has 0 aliphatic heterocycles. The Hall–Kier alpha value is -4.65. The van der Waals surface area contributed by atoms with Crippen LogP contribution >= 0.6 is 0 Å². The molecule has 0 fully saturated rings. The van der Waals surface area contributed by atoms with Crippen LogP contribution in [0.25, 0.3) is 10.8 Å². The van der Waals surface area contributed by atoms with Crippen molar-refractivity contribution in [2.24, 2.45) is 5.10 Å². The molecule has 7 nitrogen and oxygen atoms in total. The van der Waals surface area contributed by atoms with Crippen molar-refractivity contribution in [3.63, 3.8) is 0 Å². The normalized spacial score (nSPS) is 10.8. The number of nitrogens with one attached hydrogen (secondary N) is 1. The molecule has 4 aromatic rings. The number of hydrazone groups is 1. The maximum absolute atomic E-state index is 12.8. The van der Waals surface area contributed by atoms with E-state index in [4.69, 9.17) is 14.2 Å². The molecule has 1 amide bonds. The van der Waals surface area contributed by atoms with Crippen LogP contribution in [0.4, 0.5) is 0 Å². The van der Waals surface area contributed by atoms with E-state index in [0.717, 1.165) is 10.8 Å². The molecule has 4 aromatic carbocycles. The summed E-state index contributed by atoms with van der Waals surface area (Å²) in [6.45, 7) is 2.44. The van der Waals surface area contributed by atoms with Crippen molar-refractivity contribution in [1.82, 2.24) is 5.43 Å². The van der Waals surface area contributed by atoms with Crippen molar-refractivity contribution in [2.45, 2.75) is 6.92 Å². The first-order valence-electron chi connectivity index (χ1n) is 11.0. The second-order valence-electron chi connectivity index (χ2n) is 7.47. The van der Waals surface area contributed by atoms with Crippen LogP contribution in [0.15, 0.2) is 90.0 Å². The molecule has 0 atom stereocenters. The molecule has 0 aliphatic carbocycles. The zero-order valence-electron chi connectivity index (χ0n) is 19.4. The maximum atomic E-state index is 12.8. The number of carbonyl (C=O) groups is 2. The predicted octanol–water partition coefficient (Wildman–Crippen LogP) is 5.23. The fourth-order valence-electron chi connectivity index (χ4n) is 3.47. The number of rotatable bonds is 8. The first-order chi connectivity index (χ1) is 17.1. The highest BCUT2D eigenvalue weighted by atomic mass is 16.5. The molecule has 0 radical (unpaired) electrons. The van der Waals surface area contributed by atoms with Crippen LogP contribution in [0.5, 0.6) is 17.2 Å². The molecule has 0 saturated carbocycles. The van der Waals surface area contributed by atoms with Crippen LogP contribution in [0, 0.1) is 0 Å². The van der Waals surface area contributed by atoms with Crippen molar-refractivity contribution >= 4 is 28.9 Å². The van der Waals surface area contributed by atoms with Crippen molar-refractivity contribution in [3.05, 3.63) is 102 Å². The number of benzene rings is 4. The highest BCUT2D eigenvalue weighted by Gasteiger charge is 2.14. The van der Waals surface area contributed by atoms with Crippen molar-refractivity contribution in [1.29, 1.82) is 0 Å². The molecule has 35 heavy (non-hydrogen) atoms. The topological polar surface area (TPSA) is 86.2 Å². The van der Waals surface area contributed by atoms with E-state index < -0.39 is 5.97 Å². The molecule has 0 heterocycles. The summed E-state index contributed by atoms with van der Waals surface area (Å²) in [5.74, 6) is 0.760. The largest absolute Gasteiger partial charge is 0.497 e. The second kappa shape index (κ2) is 11.0. The van der Waals surface area contributed by atoms with Gasteiger partial charge in [0.15, 0.2) is 0 Å². The van der Waals surface area contributed by atoms with Gasteiger partial charge in [-0.2, -0.15) is 5.10 Å². The van der Waals surface area contributed by atoms with Gasteiger partial charge in [0.1, 0.15) is 17.2 Å². The Bertz CT molecular complexity index is 1360. The van der Waals surface area contributed by atoms with E-state index >= 15 is 0 Å². The Kier molecular flexibility index (Phi) is 7.37. The maximum Gasteiger partial charge on any atom is 0.343 e. The minimum absolute atomic E-state index is 0.323. The van der Waals surface area contributed by atoms with E-state index in [2.05, 4.69) is 10.5 Å². The SMILES string of the molecule is CCOc1ccc(C(=O)N/N=C/c2c(OC(=O)c3ccc(OC)cc3)ccc3ccccc23)cc1. The standard InChI is InChI=1S/C28H24N2O5/c1-3-34-23-15-8-20(9-16-23)27(31)30-29-18-25-24-7-5-4-6-19(24)12-17-26(25)35-28(32)21-10-13-22(33-2)14-11-21/h4-18H,3H2,1-2H3,(H,30,31)/b29-18+. The number of nitrogens with zero attached hydrogens (tertiary/aromatic N) is 1. The van der Waals surface area contributed by atoms with Gasteiger partial charge in [-0.15, -0.1) is 0 Å². The third-order valence-corrected chi connectivity index (χ3v) is 5.25. The van der Waals surface area contributed by atoms with Gasteiger partial charge in [-0.1, -0.05) is 30.3 Å². The summed E-state index contributed by atoms with van der Waals surface area (Å²) in [6, 6.07) is 24.6. The lowest BCUT2D eigenvalue weighted by atomic mass is 10.0. The smallest absolute Gasteiger partial charge is 0.343 e. The van der Waals surface area contributed by atoms with Gasteiger partial charge in [0.2, 0.25) is 0 Å². The van der Waals surface area contributed by atoms with E-state index in [9.17, 15) is 9.59 Å². The predicted molar refractivity (Wildman–Crippen MR) is 135 cm³/mol. The van der Waals surface area contributed by atoms with Crippen LogP contribution in [-0.4, -0.2) is 31.8 Å².